The zero-order chi connectivity index (χ0) is 13.5. The predicted molar refractivity (Wildman–Crippen MR) is 72.4 cm³/mol. The van der Waals surface area contributed by atoms with E-state index in [-0.39, 0.29) is 0 Å². The first-order chi connectivity index (χ1) is 9.04. The van der Waals surface area contributed by atoms with E-state index in [1.165, 1.54) is 6.26 Å². The van der Waals surface area contributed by atoms with Gasteiger partial charge in [-0.3, -0.25) is 0 Å². The van der Waals surface area contributed by atoms with Crippen molar-refractivity contribution < 1.29 is 8.42 Å². The number of nitrogens with zero attached hydrogens (tertiary/aromatic N) is 2. The summed E-state index contributed by atoms with van der Waals surface area (Å²) < 4.78 is 22.8. The Bertz CT molecular complexity index is 803. The average molecular weight is 273 g/mol. The molecule has 0 spiro atoms. The predicted octanol–water partition coefficient (Wildman–Crippen LogP) is 2.03. The van der Waals surface area contributed by atoms with Crippen molar-refractivity contribution in [3.8, 4) is 11.4 Å². The van der Waals surface area contributed by atoms with Crippen molar-refractivity contribution in [2.75, 3.05) is 6.26 Å². The second-order valence-electron chi connectivity index (χ2n) is 4.26. The quantitative estimate of drug-likeness (QED) is 0.775. The Morgan fingerprint density at radius 3 is 2.47 bits per heavy atom. The van der Waals surface area contributed by atoms with Crippen LogP contribution in [0.5, 0.6) is 0 Å². The third kappa shape index (κ3) is 2.22. The molecule has 0 atom stereocenters. The number of pyridine rings is 1. The maximum absolute atomic E-state index is 11.4. The molecule has 3 aromatic rings. The third-order valence-corrected chi connectivity index (χ3v) is 3.94. The highest BCUT2D eigenvalue weighted by molar-refractivity contribution is 7.90. The van der Waals surface area contributed by atoms with E-state index in [4.69, 9.17) is 0 Å². The van der Waals surface area contributed by atoms with Gasteiger partial charge >= 0.3 is 0 Å². The van der Waals surface area contributed by atoms with Gasteiger partial charge in [0.15, 0.2) is 15.5 Å². The van der Waals surface area contributed by atoms with Crippen molar-refractivity contribution in [3.63, 3.8) is 0 Å². The van der Waals surface area contributed by atoms with Crippen LogP contribution in [0.2, 0.25) is 0 Å². The highest BCUT2D eigenvalue weighted by Gasteiger charge is 2.09. The number of aromatic amines is 1. The maximum Gasteiger partial charge on any atom is 0.178 e. The summed E-state index contributed by atoms with van der Waals surface area (Å²) in [6, 6.07) is 10.3. The van der Waals surface area contributed by atoms with E-state index in [2.05, 4.69) is 15.0 Å². The number of aromatic nitrogens is 3. The standard InChI is InChI=1S/C13H11N3O2S/c1-19(17,18)10-6-4-9(5-7-10)12-15-11-3-2-8-14-13(11)16-12/h2-8H,1H3,(H,14,15,16). The minimum Gasteiger partial charge on any atom is -0.337 e. The van der Waals surface area contributed by atoms with Crippen molar-refractivity contribution in [1.82, 2.24) is 15.0 Å². The summed E-state index contributed by atoms with van der Waals surface area (Å²) in [5, 5.41) is 0. The zero-order valence-electron chi connectivity index (χ0n) is 10.2. The van der Waals surface area contributed by atoms with Gasteiger partial charge in [-0.25, -0.2) is 18.4 Å². The normalized spacial score (nSPS) is 11.8. The number of hydrogen-bond acceptors (Lipinski definition) is 4. The van der Waals surface area contributed by atoms with Crippen LogP contribution in [0, 0.1) is 0 Å². The number of rotatable bonds is 2. The Kier molecular flexibility index (Phi) is 2.60. The van der Waals surface area contributed by atoms with E-state index in [0.717, 1.165) is 11.1 Å². The van der Waals surface area contributed by atoms with Crippen LogP contribution < -0.4 is 0 Å². The van der Waals surface area contributed by atoms with Gasteiger partial charge in [-0.15, -0.1) is 0 Å². The molecule has 5 nitrogen and oxygen atoms in total. The molecule has 0 bridgehead atoms. The molecule has 0 aliphatic heterocycles. The Morgan fingerprint density at radius 2 is 1.84 bits per heavy atom. The van der Waals surface area contributed by atoms with Crippen LogP contribution >= 0.6 is 0 Å². The van der Waals surface area contributed by atoms with E-state index in [9.17, 15) is 8.42 Å². The van der Waals surface area contributed by atoms with Gasteiger partial charge in [-0.2, -0.15) is 0 Å². The largest absolute Gasteiger partial charge is 0.337 e. The molecule has 0 radical (unpaired) electrons. The van der Waals surface area contributed by atoms with Gasteiger partial charge in [0.25, 0.3) is 0 Å². The molecule has 0 saturated heterocycles. The van der Waals surface area contributed by atoms with Crippen molar-refractivity contribution in [3.05, 3.63) is 42.6 Å². The first-order valence-corrected chi connectivity index (χ1v) is 7.54. The van der Waals surface area contributed by atoms with Crippen molar-refractivity contribution in [2.24, 2.45) is 0 Å². The molecule has 96 valence electrons. The summed E-state index contributed by atoms with van der Waals surface area (Å²) in [6.07, 6.45) is 2.87. The van der Waals surface area contributed by atoms with Gasteiger partial charge in [-0.1, -0.05) is 0 Å². The lowest BCUT2D eigenvalue weighted by Gasteiger charge is -1.99. The van der Waals surface area contributed by atoms with E-state index in [1.807, 2.05) is 12.1 Å². The van der Waals surface area contributed by atoms with Crippen LogP contribution in [-0.4, -0.2) is 29.6 Å². The van der Waals surface area contributed by atoms with Crippen LogP contribution in [0.4, 0.5) is 0 Å². The Hall–Kier alpha value is -2.21. The molecule has 0 fully saturated rings. The molecule has 2 heterocycles. The lowest BCUT2D eigenvalue weighted by atomic mass is 10.2. The summed E-state index contributed by atoms with van der Waals surface area (Å²) >= 11 is 0. The van der Waals surface area contributed by atoms with Crippen LogP contribution in [0.1, 0.15) is 0 Å². The fourth-order valence-corrected chi connectivity index (χ4v) is 2.47. The SMILES string of the molecule is CS(=O)(=O)c1ccc(-c2nc3ncccc3[nH]2)cc1. The van der Waals surface area contributed by atoms with E-state index >= 15 is 0 Å². The van der Waals surface area contributed by atoms with Gasteiger partial charge in [0.1, 0.15) is 5.82 Å². The summed E-state index contributed by atoms with van der Waals surface area (Å²) in [4.78, 5) is 11.9. The zero-order valence-corrected chi connectivity index (χ0v) is 11.0. The third-order valence-electron chi connectivity index (χ3n) is 2.81. The minimum atomic E-state index is -3.17. The molecule has 2 aromatic heterocycles. The molecule has 1 aromatic carbocycles. The first kappa shape index (κ1) is 11.9. The molecule has 1 N–H and O–H groups in total. The van der Waals surface area contributed by atoms with E-state index < -0.39 is 9.84 Å². The Morgan fingerprint density at radius 1 is 1.11 bits per heavy atom. The second-order valence-corrected chi connectivity index (χ2v) is 6.27. The fourth-order valence-electron chi connectivity index (χ4n) is 1.84. The molecule has 0 aliphatic rings. The summed E-state index contributed by atoms with van der Waals surface area (Å²) in [5.41, 5.74) is 2.32. The number of hydrogen-bond donors (Lipinski definition) is 1. The lowest BCUT2D eigenvalue weighted by Crippen LogP contribution is -1.96. The highest BCUT2D eigenvalue weighted by Crippen LogP contribution is 2.20. The van der Waals surface area contributed by atoms with E-state index in [0.29, 0.717) is 16.4 Å². The van der Waals surface area contributed by atoms with Gasteiger partial charge in [0.2, 0.25) is 0 Å². The Labute approximate surface area is 110 Å². The molecular weight excluding hydrogens is 262 g/mol. The van der Waals surface area contributed by atoms with Crippen molar-refractivity contribution in [1.29, 1.82) is 0 Å². The topological polar surface area (TPSA) is 75.7 Å². The number of imidazole rings is 1. The first-order valence-electron chi connectivity index (χ1n) is 5.65. The second kappa shape index (κ2) is 4.17. The van der Waals surface area contributed by atoms with Crippen molar-refractivity contribution >= 4 is 21.0 Å². The molecule has 6 heteroatoms. The number of benzene rings is 1. The number of fused-ring (bicyclic) bond motifs is 1. The molecule has 0 aliphatic carbocycles. The van der Waals surface area contributed by atoms with Crippen LogP contribution in [0.25, 0.3) is 22.6 Å². The lowest BCUT2D eigenvalue weighted by molar-refractivity contribution is 0.602. The number of H-pyrrole nitrogens is 1. The fraction of sp³-hybridized carbons (Fsp3) is 0.0769. The molecule has 3 rings (SSSR count). The smallest absolute Gasteiger partial charge is 0.178 e. The summed E-state index contributed by atoms with van der Waals surface area (Å²) in [5.74, 6) is 0.675. The summed E-state index contributed by atoms with van der Waals surface area (Å²) in [6.45, 7) is 0. The average Bonchev–Trinajstić information content (AvgIpc) is 2.81. The minimum absolute atomic E-state index is 0.297. The number of sulfone groups is 1. The number of nitrogens with one attached hydrogen (secondary N) is 1. The molecule has 0 saturated carbocycles. The molecular formula is C13H11N3O2S. The highest BCUT2D eigenvalue weighted by atomic mass is 32.2. The monoisotopic (exact) mass is 273 g/mol. The maximum atomic E-state index is 11.4. The molecule has 0 amide bonds. The van der Waals surface area contributed by atoms with Gasteiger partial charge in [-0.05, 0) is 36.4 Å². The van der Waals surface area contributed by atoms with Crippen LogP contribution in [0.15, 0.2) is 47.5 Å². The summed E-state index contributed by atoms with van der Waals surface area (Å²) in [7, 11) is -3.17. The van der Waals surface area contributed by atoms with Gasteiger partial charge in [0, 0.05) is 18.0 Å². The Balaban J connectivity index is 2.07. The van der Waals surface area contributed by atoms with Gasteiger partial charge < -0.3 is 4.98 Å². The van der Waals surface area contributed by atoms with Crippen molar-refractivity contribution in [2.45, 2.75) is 4.90 Å². The molecule has 19 heavy (non-hydrogen) atoms. The van der Waals surface area contributed by atoms with Crippen LogP contribution in [0.3, 0.4) is 0 Å². The van der Waals surface area contributed by atoms with Crippen LogP contribution in [-0.2, 0) is 9.84 Å². The van der Waals surface area contributed by atoms with Gasteiger partial charge in [0.05, 0.1) is 10.4 Å². The van der Waals surface area contributed by atoms with E-state index in [1.54, 1.807) is 30.5 Å². The molecule has 0 unspecified atom stereocenters.